The number of aryl methyl sites for hydroxylation is 3. The smallest absolute Gasteiger partial charge is 0.242 e. The molecular weight excluding hydrogens is 467 g/mol. The van der Waals surface area contributed by atoms with E-state index < -0.39 is 22.0 Å². The van der Waals surface area contributed by atoms with Crippen molar-refractivity contribution in [2.45, 2.75) is 38.1 Å². The third-order valence-electron chi connectivity index (χ3n) is 4.98. The van der Waals surface area contributed by atoms with Crippen molar-refractivity contribution >= 4 is 44.8 Å². The van der Waals surface area contributed by atoms with Gasteiger partial charge < -0.3 is 5.32 Å². The van der Waals surface area contributed by atoms with Gasteiger partial charge in [0.1, 0.15) is 6.04 Å². The first-order chi connectivity index (χ1) is 15.1. The van der Waals surface area contributed by atoms with Crippen LogP contribution in [-0.2, 0) is 21.2 Å². The van der Waals surface area contributed by atoms with E-state index in [2.05, 4.69) is 10.0 Å². The Morgan fingerprint density at radius 2 is 1.56 bits per heavy atom. The molecule has 0 aromatic heterocycles. The van der Waals surface area contributed by atoms with E-state index in [1.165, 1.54) is 0 Å². The number of rotatable bonds is 7. The van der Waals surface area contributed by atoms with Crippen molar-refractivity contribution in [1.29, 1.82) is 0 Å². The zero-order chi connectivity index (χ0) is 23.5. The molecule has 0 aliphatic carbocycles. The van der Waals surface area contributed by atoms with Gasteiger partial charge in [0.15, 0.2) is 0 Å². The van der Waals surface area contributed by atoms with Crippen LogP contribution < -0.4 is 10.0 Å². The molecule has 3 rings (SSSR count). The second-order valence-corrected chi connectivity index (χ2v) is 10.1. The number of hydrogen-bond donors (Lipinski definition) is 2. The average Bonchev–Trinajstić information content (AvgIpc) is 2.70. The highest BCUT2D eigenvalue weighted by atomic mass is 35.5. The number of sulfonamides is 1. The standard InChI is InChI=1S/C24H24Cl2N2O3S/c1-15-12-16(2)23(17(3)13-15)32(30,31)28-21(14-18-8-5-4-6-9-18)24(29)27-20-11-7-10-19(25)22(20)26/h4-13,21,28H,14H2,1-3H3,(H,27,29)/t21-/m0/s1. The van der Waals surface area contributed by atoms with E-state index in [0.717, 1.165) is 11.1 Å². The molecule has 3 aromatic rings. The number of carbonyl (C=O) groups excluding carboxylic acids is 1. The van der Waals surface area contributed by atoms with Crippen LogP contribution in [0.5, 0.6) is 0 Å². The molecular formula is C24H24Cl2N2O3S. The Bertz CT molecular complexity index is 1220. The first kappa shape index (κ1) is 24.3. The highest BCUT2D eigenvalue weighted by molar-refractivity contribution is 7.89. The van der Waals surface area contributed by atoms with Crippen molar-refractivity contribution in [3.05, 3.63) is 93.0 Å². The number of amides is 1. The molecule has 2 N–H and O–H groups in total. The van der Waals surface area contributed by atoms with Crippen LogP contribution in [0.4, 0.5) is 5.69 Å². The van der Waals surface area contributed by atoms with Crippen LogP contribution in [0.3, 0.4) is 0 Å². The lowest BCUT2D eigenvalue weighted by Crippen LogP contribution is -2.45. The fourth-order valence-corrected chi connectivity index (χ4v) is 5.69. The molecule has 0 spiro atoms. The molecule has 0 radical (unpaired) electrons. The van der Waals surface area contributed by atoms with Crippen LogP contribution in [0, 0.1) is 20.8 Å². The van der Waals surface area contributed by atoms with Crippen molar-refractivity contribution in [3.63, 3.8) is 0 Å². The fraction of sp³-hybridized carbons (Fsp3) is 0.208. The lowest BCUT2D eigenvalue weighted by molar-refractivity contribution is -0.117. The van der Waals surface area contributed by atoms with Crippen LogP contribution in [0.2, 0.25) is 10.0 Å². The Hall–Kier alpha value is -2.38. The molecule has 0 fully saturated rings. The largest absolute Gasteiger partial charge is 0.323 e. The van der Waals surface area contributed by atoms with Crippen LogP contribution in [0.25, 0.3) is 0 Å². The van der Waals surface area contributed by atoms with Gasteiger partial charge in [-0.25, -0.2) is 8.42 Å². The minimum atomic E-state index is -3.98. The first-order valence-corrected chi connectivity index (χ1v) is 12.2. The normalized spacial score (nSPS) is 12.4. The van der Waals surface area contributed by atoms with Gasteiger partial charge in [0.2, 0.25) is 15.9 Å². The summed E-state index contributed by atoms with van der Waals surface area (Å²) in [5.74, 6) is -0.538. The van der Waals surface area contributed by atoms with Crippen molar-refractivity contribution in [3.8, 4) is 0 Å². The third kappa shape index (κ3) is 5.70. The second kappa shape index (κ2) is 10.0. The van der Waals surface area contributed by atoms with Gasteiger partial charge in [0.05, 0.1) is 20.6 Å². The summed E-state index contributed by atoms with van der Waals surface area (Å²) < 4.78 is 29.2. The zero-order valence-electron chi connectivity index (χ0n) is 17.9. The second-order valence-electron chi connectivity index (χ2n) is 7.68. The van der Waals surface area contributed by atoms with Crippen LogP contribution >= 0.6 is 23.2 Å². The average molecular weight is 491 g/mol. The number of nitrogens with one attached hydrogen (secondary N) is 2. The van der Waals surface area contributed by atoms with Gasteiger partial charge in [0.25, 0.3) is 0 Å². The van der Waals surface area contributed by atoms with E-state index in [9.17, 15) is 13.2 Å². The van der Waals surface area contributed by atoms with Gasteiger partial charge in [-0.1, -0.05) is 77.3 Å². The first-order valence-electron chi connectivity index (χ1n) is 9.97. The maximum atomic E-state index is 13.3. The molecule has 1 amide bonds. The number of anilines is 1. The maximum Gasteiger partial charge on any atom is 0.242 e. The molecule has 0 aliphatic heterocycles. The lowest BCUT2D eigenvalue weighted by Gasteiger charge is -2.21. The van der Waals surface area contributed by atoms with E-state index >= 15 is 0 Å². The van der Waals surface area contributed by atoms with Gasteiger partial charge in [-0.2, -0.15) is 4.72 Å². The zero-order valence-corrected chi connectivity index (χ0v) is 20.3. The molecule has 5 nitrogen and oxygen atoms in total. The van der Waals surface area contributed by atoms with Crippen molar-refractivity contribution in [2.75, 3.05) is 5.32 Å². The molecule has 0 aliphatic rings. The Labute approximate surface area is 198 Å². The molecule has 0 heterocycles. The van der Waals surface area contributed by atoms with E-state index in [-0.39, 0.29) is 21.4 Å². The molecule has 8 heteroatoms. The van der Waals surface area contributed by atoms with Gasteiger partial charge in [0, 0.05) is 0 Å². The highest BCUT2D eigenvalue weighted by Gasteiger charge is 2.29. The van der Waals surface area contributed by atoms with E-state index in [1.807, 2.05) is 37.3 Å². The van der Waals surface area contributed by atoms with E-state index in [0.29, 0.717) is 16.8 Å². The highest BCUT2D eigenvalue weighted by Crippen LogP contribution is 2.30. The summed E-state index contributed by atoms with van der Waals surface area (Å²) in [7, 11) is -3.98. The van der Waals surface area contributed by atoms with Gasteiger partial charge in [-0.05, 0) is 56.0 Å². The molecule has 1 atom stereocenters. The maximum absolute atomic E-state index is 13.3. The summed E-state index contributed by atoms with van der Waals surface area (Å²) in [6.45, 7) is 5.39. The minimum absolute atomic E-state index is 0.161. The number of benzene rings is 3. The molecule has 0 saturated heterocycles. The predicted molar refractivity (Wildman–Crippen MR) is 130 cm³/mol. The number of halogens is 2. The molecule has 0 bridgehead atoms. The minimum Gasteiger partial charge on any atom is -0.323 e. The van der Waals surface area contributed by atoms with Crippen LogP contribution in [0.15, 0.2) is 65.6 Å². The molecule has 3 aromatic carbocycles. The topological polar surface area (TPSA) is 75.3 Å². The van der Waals surface area contributed by atoms with E-state index in [4.69, 9.17) is 23.2 Å². The monoisotopic (exact) mass is 490 g/mol. The number of carbonyl (C=O) groups is 1. The van der Waals surface area contributed by atoms with Gasteiger partial charge >= 0.3 is 0 Å². The van der Waals surface area contributed by atoms with Crippen molar-refractivity contribution in [2.24, 2.45) is 0 Å². The lowest BCUT2D eigenvalue weighted by atomic mass is 10.1. The third-order valence-corrected chi connectivity index (χ3v) is 7.57. The summed E-state index contributed by atoms with van der Waals surface area (Å²) in [6, 6.07) is 16.6. The molecule has 168 valence electrons. The summed E-state index contributed by atoms with van der Waals surface area (Å²) in [5.41, 5.74) is 3.32. The Kier molecular flexibility index (Phi) is 7.62. The van der Waals surface area contributed by atoms with Crippen molar-refractivity contribution in [1.82, 2.24) is 4.72 Å². The number of hydrogen-bond acceptors (Lipinski definition) is 3. The summed E-state index contributed by atoms with van der Waals surface area (Å²) in [4.78, 5) is 13.3. The molecule has 0 saturated carbocycles. The summed E-state index contributed by atoms with van der Waals surface area (Å²) in [5, 5.41) is 3.18. The molecule has 32 heavy (non-hydrogen) atoms. The summed E-state index contributed by atoms with van der Waals surface area (Å²) in [6.07, 6.45) is 0.161. The van der Waals surface area contributed by atoms with Gasteiger partial charge in [-0.15, -0.1) is 0 Å². The predicted octanol–water partition coefficient (Wildman–Crippen LogP) is 5.45. The quantitative estimate of drug-likeness (QED) is 0.462. The van der Waals surface area contributed by atoms with E-state index in [1.54, 1.807) is 44.2 Å². The van der Waals surface area contributed by atoms with Crippen molar-refractivity contribution < 1.29 is 13.2 Å². The van der Waals surface area contributed by atoms with Crippen LogP contribution in [-0.4, -0.2) is 20.4 Å². The Balaban J connectivity index is 1.96. The SMILES string of the molecule is Cc1cc(C)c(S(=O)(=O)N[C@@H](Cc2ccccc2)C(=O)Nc2cccc(Cl)c2Cl)c(C)c1. The van der Waals surface area contributed by atoms with Gasteiger partial charge in [-0.3, -0.25) is 4.79 Å². The Morgan fingerprint density at radius 1 is 0.938 bits per heavy atom. The molecule has 0 unspecified atom stereocenters. The summed E-state index contributed by atoms with van der Waals surface area (Å²) >= 11 is 12.2. The Morgan fingerprint density at radius 3 is 2.19 bits per heavy atom. The van der Waals surface area contributed by atoms with Crippen LogP contribution in [0.1, 0.15) is 22.3 Å². The fourth-order valence-electron chi connectivity index (χ4n) is 3.69.